The predicted molar refractivity (Wildman–Crippen MR) is 136 cm³/mol. The molecular weight excluding hydrogens is 476 g/mol. The topological polar surface area (TPSA) is 127 Å². The van der Waals surface area contributed by atoms with Gasteiger partial charge in [-0.15, -0.1) is 0 Å². The van der Waals surface area contributed by atoms with Crippen LogP contribution in [0.2, 0.25) is 0 Å². The third-order valence-electron chi connectivity index (χ3n) is 6.02. The van der Waals surface area contributed by atoms with Crippen molar-refractivity contribution in [1.82, 2.24) is 9.80 Å². The number of rotatable bonds is 7. The molecule has 2 aliphatic rings. The largest absolute Gasteiger partial charge is 0.492 e. The standard InChI is InChI=1S/C27H36N4O6/c1-6-34-25(32)22-18(2)36-24(29)20(17-28)23(22)19-9-7-8-10-21(19)35-16-15-30-11-13-31(14-12-30)26(33)37-27(3,4)5/h7-10,23H,6,11-16,29H2,1-5H3. The first-order chi connectivity index (χ1) is 17.6. The van der Waals surface area contributed by atoms with Crippen LogP contribution in [0.15, 0.2) is 47.1 Å². The van der Waals surface area contributed by atoms with Gasteiger partial charge in [0.2, 0.25) is 5.88 Å². The first-order valence-electron chi connectivity index (χ1n) is 12.4. The van der Waals surface area contributed by atoms with E-state index in [1.54, 1.807) is 24.8 Å². The summed E-state index contributed by atoms with van der Waals surface area (Å²) in [6, 6.07) is 9.35. The van der Waals surface area contributed by atoms with Crippen LogP contribution in [0.4, 0.5) is 4.79 Å². The van der Waals surface area contributed by atoms with E-state index in [0.29, 0.717) is 50.6 Å². The normalized spacial score (nSPS) is 18.7. The highest BCUT2D eigenvalue weighted by atomic mass is 16.6. The molecule has 1 aromatic rings. The molecule has 0 aliphatic carbocycles. The minimum absolute atomic E-state index is 0.0456. The molecule has 0 aromatic heterocycles. The molecule has 2 aliphatic heterocycles. The fraction of sp³-hybridized carbons (Fsp3) is 0.519. The molecule has 1 unspecified atom stereocenters. The molecule has 0 radical (unpaired) electrons. The lowest BCUT2D eigenvalue weighted by molar-refractivity contribution is -0.139. The van der Waals surface area contributed by atoms with Gasteiger partial charge in [-0.1, -0.05) is 18.2 Å². The Morgan fingerprint density at radius 3 is 2.49 bits per heavy atom. The van der Waals surface area contributed by atoms with Crippen LogP contribution >= 0.6 is 0 Å². The van der Waals surface area contributed by atoms with Crippen molar-refractivity contribution in [3.05, 3.63) is 52.6 Å². The zero-order valence-electron chi connectivity index (χ0n) is 22.2. The number of benzene rings is 1. The molecule has 200 valence electrons. The molecule has 10 nitrogen and oxygen atoms in total. The molecule has 1 fully saturated rings. The SMILES string of the molecule is CCOC(=O)C1=C(C)OC(N)=C(C#N)C1c1ccccc1OCCN1CCN(C(=O)OC(C)(C)C)CC1. The Hall–Kier alpha value is -3.71. The van der Waals surface area contributed by atoms with Gasteiger partial charge in [0.15, 0.2) is 0 Å². The average molecular weight is 513 g/mol. The Bertz CT molecular complexity index is 1110. The number of ether oxygens (including phenoxy) is 4. The highest BCUT2D eigenvalue weighted by Gasteiger charge is 2.37. The summed E-state index contributed by atoms with van der Waals surface area (Å²) in [5.41, 5.74) is 6.48. The van der Waals surface area contributed by atoms with Gasteiger partial charge in [-0.2, -0.15) is 5.26 Å². The maximum Gasteiger partial charge on any atom is 0.410 e. The number of hydrogen-bond donors (Lipinski definition) is 1. The van der Waals surface area contributed by atoms with Crippen LogP contribution < -0.4 is 10.5 Å². The van der Waals surface area contributed by atoms with Crippen molar-refractivity contribution in [2.24, 2.45) is 5.73 Å². The Morgan fingerprint density at radius 2 is 1.86 bits per heavy atom. The van der Waals surface area contributed by atoms with Crippen molar-refractivity contribution in [3.8, 4) is 11.8 Å². The van der Waals surface area contributed by atoms with Crippen LogP contribution in [0.1, 0.15) is 46.1 Å². The molecule has 1 aromatic carbocycles. The summed E-state index contributed by atoms with van der Waals surface area (Å²) < 4.78 is 22.4. The summed E-state index contributed by atoms with van der Waals surface area (Å²) >= 11 is 0. The predicted octanol–water partition coefficient (Wildman–Crippen LogP) is 3.26. The quantitative estimate of drug-likeness (QED) is 0.548. The molecule has 3 rings (SSSR count). The van der Waals surface area contributed by atoms with Crippen molar-refractivity contribution < 1.29 is 28.5 Å². The van der Waals surface area contributed by atoms with E-state index in [9.17, 15) is 14.9 Å². The van der Waals surface area contributed by atoms with E-state index in [4.69, 9.17) is 24.7 Å². The van der Waals surface area contributed by atoms with E-state index in [0.717, 1.165) is 0 Å². The molecule has 1 atom stereocenters. The van der Waals surface area contributed by atoms with Gasteiger partial charge in [-0.05, 0) is 40.7 Å². The van der Waals surface area contributed by atoms with Crippen molar-refractivity contribution >= 4 is 12.1 Å². The Balaban J connectivity index is 1.69. The van der Waals surface area contributed by atoms with Crippen LogP contribution in [0, 0.1) is 11.3 Å². The Morgan fingerprint density at radius 1 is 1.19 bits per heavy atom. The molecule has 0 bridgehead atoms. The van der Waals surface area contributed by atoms with Crippen LogP contribution in [0.5, 0.6) is 5.75 Å². The summed E-state index contributed by atoms with van der Waals surface area (Å²) in [5, 5.41) is 9.84. The monoisotopic (exact) mass is 512 g/mol. The molecule has 1 amide bonds. The fourth-order valence-corrected chi connectivity index (χ4v) is 4.28. The van der Waals surface area contributed by atoms with E-state index >= 15 is 0 Å². The van der Waals surface area contributed by atoms with Gasteiger partial charge in [0.1, 0.15) is 35.4 Å². The molecule has 10 heteroatoms. The Kier molecular flexibility index (Phi) is 9.05. The van der Waals surface area contributed by atoms with Crippen LogP contribution in [0.3, 0.4) is 0 Å². The number of amides is 1. The van der Waals surface area contributed by atoms with Crippen molar-refractivity contribution in [2.45, 2.75) is 46.1 Å². The molecule has 1 saturated heterocycles. The van der Waals surface area contributed by atoms with E-state index in [-0.39, 0.29) is 35.5 Å². The van der Waals surface area contributed by atoms with E-state index in [2.05, 4.69) is 11.0 Å². The number of carbonyl (C=O) groups is 2. The average Bonchev–Trinajstić information content (AvgIpc) is 2.83. The summed E-state index contributed by atoms with van der Waals surface area (Å²) in [7, 11) is 0. The lowest BCUT2D eigenvalue weighted by Crippen LogP contribution is -2.50. The van der Waals surface area contributed by atoms with E-state index in [1.165, 1.54) is 0 Å². The molecular formula is C27H36N4O6. The van der Waals surface area contributed by atoms with Gasteiger partial charge in [-0.3, -0.25) is 4.90 Å². The van der Waals surface area contributed by atoms with Crippen LogP contribution in [-0.4, -0.2) is 73.4 Å². The summed E-state index contributed by atoms with van der Waals surface area (Å²) in [5.74, 6) is -0.556. The Labute approximate surface area is 218 Å². The maximum atomic E-state index is 12.8. The number of nitrogens with zero attached hydrogens (tertiary/aromatic N) is 3. The third kappa shape index (κ3) is 6.95. The highest BCUT2D eigenvalue weighted by Crippen LogP contribution is 2.42. The van der Waals surface area contributed by atoms with Crippen molar-refractivity contribution in [1.29, 1.82) is 5.26 Å². The van der Waals surface area contributed by atoms with Gasteiger partial charge in [0.05, 0.1) is 18.1 Å². The number of esters is 1. The number of hydrogen-bond acceptors (Lipinski definition) is 9. The lowest BCUT2D eigenvalue weighted by atomic mass is 9.82. The van der Waals surface area contributed by atoms with Crippen molar-refractivity contribution in [2.75, 3.05) is 45.9 Å². The molecule has 37 heavy (non-hydrogen) atoms. The summed E-state index contributed by atoms with van der Waals surface area (Å²) in [4.78, 5) is 29.1. The molecule has 0 saturated carbocycles. The zero-order valence-corrected chi connectivity index (χ0v) is 22.2. The van der Waals surface area contributed by atoms with Gasteiger partial charge in [0.25, 0.3) is 0 Å². The fourth-order valence-electron chi connectivity index (χ4n) is 4.28. The third-order valence-corrected chi connectivity index (χ3v) is 6.02. The smallest absolute Gasteiger partial charge is 0.410 e. The number of para-hydroxylation sites is 1. The number of allylic oxidation sites excluding steroid dienone is 2. The van der Waals surface area contributed by atoms with Gasteiger partial charge >= 0.3 is 12.1 Å². The maximum absolute atomic E-state index is 12.8. The molecule has 0 spiro atoms. The molecule has 2 heterocycles. The summed E-state index contributed by atoms with van der Waals surface area (Å²) in [6.45, 7) is 12.7. The second-order valence-corrected chi connectivity index (χ2v) is 9.81. The van der Waals surface area contributed by atoms with E-state index < -0.39 is 17.5 Å². The second kappa shape index (κ2) is 12.0. The minimum Gasteiger partial charge on any atom is -0.492 e. The lowest BCUT2D eigenvalue weighted by Gasteiger charge is -2.35. The van der Waals surface area contributed by atoms with E-state index in [1.807, 2.05) is 39.0 Å². The first kappa shape index (κ1) is 27.9. The van der Waals surface area contributed by atoms with Crippen LogP contribution in [-0.2, 0) is 19.0 Å². The second-order valence-electron chi connectivity index (χ2n) is 9.81. The van der Waals surface area contributed by atoms with Gasteiger partial charge < -0.3 is 29.6 Å². The molecule has 2 N–H and O–H groups in total. The number of carbonyl (C=O) groups excluding carboxylic acids is 2. The number of nitriles is 1. The van der Waals surface area contributed by atoms with Crippen LogP contribution in [0.25, 0.3) is 0 Å². The highest BCUT2D eigenvalue weighted by molar-refractivity contribution is 5.92. The van der Waals surface area contributed by atoms with Gasteiger partial charge in [0, 0.05) is 38.3 Å². The summed E-state index contributed by atoms with van der Waals surface area (Å²) in [6.07, 6.45) is -0.296. The van der Waals surface area contributed by atoms with Gasteiger partial charge in [-0.25, -0.2) is 9.59 Å². The number of piperazine rings is 1. The number of nitrogens with two attached hydrogens (primary N) is 1. The minimum atomic E-state index is -0.772. The first-order valence-corrected chi connectivity index (χ1v) is 12.4. The van der Waals surface area contributed by atoms with Crippen molar-refractivity contribution in [3.63, 3.8) is 0 Å². The zero-order chi connectivity index (χ0) is 27.2.